The topological polar surface area (TPSA) is 49.4 Å². The van der Waals surface area contributed by atoms with Crippen molar-refractivity contribution in [2.45, 2.75) is 32.4 Å². The molecule has 108 valence electrons. The summed E-state index contributed by atoms with van der Waals surface area (Å²) in [5.74, 6) is -2.79. The average Bonchev–Trinajstić information content (AvgIpc) is 2.29. The first-order chi connectivity index (χ1) is 9.15. The van der Waals surface area contributed by atoms with Crippen molar-refractivity contribution in [2.75, 3.05) is 4.90 Å². The van der Waals surface area contributed by atoms with Gasteiger partial charge in [-0.25, -0.2) is 8.78 Å². The summed E-state index contributed by atoms with van der Waals surface area (Å²) in [6, 6.07) is 0.591. The van der Waals surface area contributed by atoms with Gasteiger partial charge in [0.15, 0.2) is 5.82 Å². The maximum atomic E-state index is 14.0. The minimum absolute atomic E-state index is 0.256. The van der Waals surface area contributed by atoms with Crippen molar-refractivity contribution >= 4 is 29.1 Å². The molecule has 1 unspecified atom stereocenters. The predicted molar refractivity (Wildman–Crippen MR) is 70.5 cm³/mol. The molecule has 1 aliphatic rings. The molecule has 1 N–H and O–H groups in total. The number of nitrogens with one attached hydrogen (secondary N) is 1. The van der Waals surface area contributed by atoms with Crippen LogP contribution in [0.25, 0.3) is 0 Å². The number of carbonyl (C=O) groups is 2. The lowest BCUT2D eigenvalue weighted by Crippen LogP contribution is -2.67. The lowest BCUT2D eigenvalue weighted by atomic mass is 9.96. The molecule has 1 fully saturated rings. The van der Waals surface area contributed by atoms with Crippen molar-refractivity contribution in [1.82, 2.24) is 5.32 Å². The zero-order valence-electron chi connectivity index (χ0n) is 11.1. The number of rotatable bonds is 1. The molecule has 0 aromatic heterocycles. The van der Waals surface area contributed by atoms with Crippen LogP contribution in [0.5, 0.6) is 0 Å². The molecular formula is C13H13ClF2N2O2. The molecule has 1 heterocycles. The molecule has 20 heavy (non-hydrogen) atoms. The highest BCUT2D eigenvalue weighted by Crippen LogP contribution is 2.34. The van der Waals surface area contributed by atoms with Crippen molar-refractivity contribution in [1.29, 1.82) is 0 Å². The zero-order chi connectivity index (χ0) is 15.2. The highest BCUT2D eigenvalue weighted by molar-refractivity contribution is 6.34. The first kappa shape index (κ1) is 14.7. The van der Waals surface area contributed by atoms with Gasteiger partial charge in [0.25, 0.3) is 5.91 Å². The SMILES string of the molecule is CC1C(=O)NC(C)(C)C(=O)N1c1c(F)cc(F)cc1Cl. The number of amides is 2. The Morgan fingerprint density at radius 3 is 2.45 bits per heavy atom. The van der Waals surface area contributed by atoms with Gasteiger partial charge in [-0.1, -0.05) is 11.6 Å². The molecule has 1 aromatic carbocycles. The van der Waals surface area contributed by atoms with Gasteiger partial charge >= 0.3 is 0 Å². The van der Waals surface area contributed by atoms with E-state index < -0.39 is 35.0 Å². The molecule has 1 aromatic rings. The van der Waals surface area contributed by atoms with Gasteiger partial charge in [0.05, 0.1) is 10.7 Å². The first-order valence-corrected chi connectivity index (χ1v) is 6.33. The van der Waals surface area contributed by atoms with Crippen LogP contribution >= 0.6 is 11.6 Å². The number of anilines is 1. The third-order valence-corrected chi connectivity index (χ3v) is 3.47. The lowest BCUT2D eigenvalue weighted by molar-refractivity contribution is -0.136. The second-order valence-electron chi connectivity index (χ2n) is 5.18. The molecule has 1 aliphatic heterocycles. The van der Waals surface area contributed by atoms with Crippen molar-refractivity contribution < 1.29 is 18.4 Å². The van der Waals surface area contributed by atoms with Gasteiger partial charge in [0.2, 0.25) is 5.91 Å². The van der Waals surface area contributed by atoms with Crippen molar-refractivity contribution in [3.8, 4) is 0 Å². The summed E-state index contributed by atoms with van der Waals surface area (Å²) in [5, 5.41) is 2.28. The zero-order valence-corrected chi connectivity index (χ0v) is 11.9. The van der Waals surface area contributed by atoms with E-state index in [1.165, 1.54) is 20.8 Å². The fraction of sp³-hybridized carbons (Fsp3) is 0.385. The van der Waals surface area contributed by atoms with E-state index in [9.17, 15) is 18.4 Å². The Balaban J connectivity index is 2.60. The molecule has 0 bridgehead atoms. The Kier molecular flexibility index (Phi) is 3.46. The van der Waals surface area contributed by atoms with Crippen LogP contribution in [0.3, 0.4) is 0 Å². The minimum Gasteiger partial charge on any atom is -0.340 e. The van der Waals surface area contributed by atoms with E-state index in [2.05, 4.69) is 5.32 Å². The Morgan fingerprint density at radius 2 is 1.90 bits per heavy atom. The summed E-state index contributed by atoms with van der Waals surface area (Å²) in [6.07, 6.45) is 0. The van der Waals surface area contributed by atoms with Gasteiger partial charge in [-0.2, -0.15) is 0 Å². The maximum Gasteiger partial charge on any atom is 0.253 e. The third-order valence-electron chi connectivity index (χ3n) is 3.18. The molecular weight excluding hydrogens is 290 g/mol. The summed E-state index contributed by atoms with van der Waals surface area (Å²) >= 11 is 5.83. The molecule has 2 rings (SSSR count). The number of hydrogen-bond acceptors (Lipinski definition) is 2. The highest BCUT2D eigenvalue weighted by Gasteiger charge is 2.45. The van der Waals surface area contributed by atoms with E-state index in [0.717, 1.165) is 11.0 Å². The fourth-order valence-electron chi connectivity index (χ4n) is 2.12. The van der Waals surface area contributed by atoms with E-state index in [1.807, 2.05) is 0 Å². The van der Waals surface area contributed by atoms with Crippen LogP contribution < -0.4 is 10.2 Å². The number of piperazine rings is 1. The molecule has 0 radical (unpaired) electrons. The number of nitrogens with zero attached hydrogens (tertiary/aromatic N) is 1. The van der Waals surface area contributed by atoms with E-state index >= 15 is 0 Å². The van der Waals surface area contributed by atoms with Crippen LogP contribution in [0.2, 0.25) is 5.02 Å². The second kappa shape index (κ2) is 4.70. The number of benzene rings is 1. The van der Waals surface area contributed by atoms with Crippen molar-refractivity contribution in [3.05, 3.63) is 28.8 Å². The Morgan fingerprint density at radius 1 is 1.30 bits per heavy atom. The molecule has 1 saturated heterocycles. The smallest absolute Gasteiger partial charge is 0.253 e. The summed E-state index contributed by atoms with van der Waals surface area (Å²) in [7, 11) is 0. The first-order valence-electron chi connectivity index (χ1n) is 5.95. The van der Waals surface area contributed by atoms with Crippen LogP contribution in [-0.4, -0.2) is 23.4 Å². The predicted octanol–water partition coefficient (Wildman–Crippen LogP) is 2.25. The van der Waals surface area contributed by atoms with Gasteiger partial charge < -0.3 is 5.32 Å². The van der Waals surface area contributed by atoms with Crippen LogP contribution in [0.15, 0.2) is 12.1 Å². The van der Waals surface area contributed by atoms with Gasteiger partial charge in [-0.3, -0.25) is 14.5 Å². The van der Waals surface area contributed by atoms with Crippen LogP contribution in [0, 0.1) is 11.6 Å². The fourth-order valence-corrected chi connectivity index (χ4v) is 2.41. The number of halogens is 3. The number of carbonyl (C=O) groups excluding carboxylic acids is 2. The Hall–Kier alpha value is -1.69. The van der Waals surface area contributed by atoms with Crippen LogP contribution in [0.4, 0.5) is 14.5 Å². The van der Waals surface area contributed by atoms with Gasteiger partial charge in [0, 0.05) is 6.07 Å². The molecule has 0 spiro atoms. The second-order valence-corrected chi connectivity index (χ2v) is 5.59. The Bertz CT molecular complexity index is 581. The summed E-state index contributed by atoms with van der Waals surface area (Å²) < 4.78 is 27.1. The van der Waals surface area contributed by atoms with Gasteiger partial charge in [0.1, 0.15) is 17.4 Å². The number of hydrogen-bond donors (Lipinski definition) is 1. The molecule has 2 amide bonds. The summed E-state index contributed by atoms with van der Waals surface area (Å²) in [5.41, 5.74) is -1.47. The molecule has 4 nitrogen and oxygen atoms in total. The monoisotopic (exact) mass is 302 g/mol. The normalized spacial score (nSPS) is 21.9. The van der Waals surface area contributed by atoms with E-state index in [1.54, 1.807) is 0 Å². The molecule has 1 atom stereocenters. The quantitative estimate of drug-likeness (QED) is 0.865. The van der Waals surface area contributed by atoms with E-state index in [4.69, 9.17) is 11.6 Å². The maximum absolute atomic E-state index is 14.0. The summed E-state index contributed by atoms with van der Waals surface area (Å²) in [6.45, 7) is 4.45. The summed E-state index contributed by atoms with van der Waals surface area (Å²) in [4.78, 5) is 25.2. The van der Waals surface area contributed by atoms with Crippen LogP contribution in [0.1, 0.15) is 20.8 Å². The highest BCUT2D eigenvalue weighted by atomic mass is 35.5. The average molecular weight is 303 g/mol. The largest absolute Gasteiger partial charge is 0.340 e. The van der Waals surface area contributed by atoms with Crippen molar-refractivity contribution in [2.24, 2.45) is 0 Å². The standard InChI is InChI=1S/C13H13ClF2N2O2/c1-6-11(19)17-13(2,3)12(20)18(6)10-8(14)4-7(15)5-9(10)16/h4-6H,1-3H3,(H,17,19). The molecule has 0 saturated carbocycles. The Labute approximate surface area is 119 Å². The van der Waals surface area contributed by atoms with Gasteiger partial charge in [-0.15, -0.1) is 0 Å². The molecule has 7 heteroatoms. The third kappa shape index (κ3) is 2.24. The minimum atomic E-state index is -1.19. The van der Waals surface area contributed by atoms with E-state index in [0.29, 0.717) is 6.07 Å². The van der Waals surface area contributed by atoms with Gasteiger partial charge in [-0.05, 0) is 26.8 Å². The van der Waals surface area contributed by atoms with E-state index in [-0.39, 0.29) is 10.7 Å². The molecule has 0 aliphatic carbocycles. The lowest BCUT2D eigenvalue weighted by Gasteiger charge is -2.41. The van der Waals surface area contributed by atoms with Crippen molar-refractivity contribution in [3.63, 3.8) is 0 Å². The van der Waals surface area contributed by atoms with Crippen LogP contribution in [-0.2, 0) is 9.59 Å².